The Morgan fingerprint density at radius 3 is 2.45 bits per heavy atom. The Labute approximate surface area is 192 Å². The van der Waals surface area contributed by atoms with Crippen molar-refractivity contribution in [3.05, 3.63) is 0 Å². The molecule has 0 aromatic carbocycles. The van der Waals surface area contributed by atoms with E-state index in [9.17, 15) is 8.42 Å². The van der Waals surface area contributed by atoms with Crippen LogP contribution in [0.4, 0.5) is 0 Å². The molecule has 0 aromatic heterocycles. The molecule has 4 rings (SSSR count). The van der Waals surface area contributed by atoms with Crippen LogP contribution in [0.2, 0.25) is 0 Å². The van der Waals surface area contributed by atoms with E-state index in [1.54, 1.807) is 11.2 Å². The Hall–Kier alpha value is -0.130. The molecule has 2 N–H and O–H groups in total. The first-order valence-electron chi connectivity index (χ1n) is 11.2. The fourth-order valence-corrected chi connectivity index (χ4v) is 7.13. The van der Waals surface area contributed by atoms with Crippen LogP contribution >= 0.6 is 24.0 Å². The molecule has 0 bridgehead atoms. The fourth-order valence-electron chi connectivity index (χ4n) is 6.00. The molecule has 4 fully saturated rings. The van der Waals surface area contributed by atoms with Crippen molar-refractivity contribution in [2.75, 3.05) is 32.0 Å². The lowest BCUT2D eigenvalue weighted by molar-refractivity contribution is -0.125. The van der Waals surface area contributed by atoms with Crippen LogP contribution in [-0.4, -0.2) is 68.9 Å². The summed E-state index contributed by atoms with van der Waals surface area (Å²) in [7, 11) is -3.08. The summed E-state index contributed by atoms with van der Waals surface area (Å²) in [6.45, 7) is 6.61. The van der Waals surface area contributed by atoms with E-state index >= 15 is 0 Å². The van der Waals surface area contributed by atoms with Crippen molar-refractivity contribution < 1.29 is 13.2 Å². The van der Waals surface area contributed by atoms with Crippen LogP contribution in [0, 0.1) is 11.3 Å². The van der Waals surface area contributed by atoms with E-state index in [0.29, 0.717) is 36.6 Å². The molecule has 2 saturated carbocycles. The number of hydrogen-bond acceptors (Lipinski definition) is 4. The maximum atomic E-state index is 12.1. The third kappa shape index (κ3) is 4.43. The lowest BCUT2D eigenvalue weighted by Gasteiger charge is -2.57. The first kappa shape index (κ1) is 23.5. The molecular formula is C20H37IN4O3S. The quantitative estimate of drug-likeness (QED) is 0.318. The predicted molar refractivity (Wildman–Crippen MR) is 126 cm³/mol. The zero-order valence-corrected chi connectivity index (χ0v) is 20.9. The molecular weight excluding hydrogens is 503 g/mol. The fraction of sp³-hybridized carbons (Fsp3) is 0.950. The van der Waals surface area contributed by atoms with Crippen LogP contribution in [0.3, 0.4) is 0 Å². The zero-order chi connectivity index (χ0) is 19.8. The molecule has 0 amide bonds. The van der Waals surface area contributed by atoms with Gasteiger partial charge >= 0.3 is 0 Å². The Morgan fingerprint density at radius 2 is 1.83 bits per heavy atom. The van der Waals surface area contributed by atoms with Crippen molar-refractivity contribution >= 4 is 40.0 Å². The Kier molecular flexibility index (Phi) is 7.76. The van der Waals surface area contributed by atoms with Gasteiger partial charge in [-0.05, 0) is 46.0 Å². The number of halogens is 1. The van der Waals surface area contributed by atoms with Crippen molar-refractivity contribution in [1.29, 1.82) is 0 Å². The number of nitrogens with zero attached hydrogens (tertiary/aromatic N) is 2. The summed E-state index contributed by atoms with van der Waals surface area (Å²) in [5.74, 6) is 1.70. The van der Waals surface area contributed by atoms with E-state index in [4.69, 9.17) is 9.73 Å². The molecule has 2 heterocycles. The van der Waals surface area contributed by atoms with Gasteiger partial charge in [0, 0.05) is 49.7 Å². The van der Waals surface area contributed by atoms with Gasteiger partial charge < -0.3 is 15.4 Å². The molecule has 0 radical (unpaired) electrons. The van der Waals surface area contributed by atoms with Gasteiger partial charge in [0.25, 0.3) is 0 Å². The van der Waals surface area contributed by atoms with Crippen LogP contribution in [0.15, 0.2) is 4.99 Å². The molecule has 2 aliphatic carbocycles. The molecule has 29 heavy (non-hydrogen) atoms. The van der Waals surface area contributed by atoms with E-state index in [0.717, 1.165) is 38.4 Å². The number of fused-ring (bicyclic) bond motifs is 2. The topological polar surface area (TPSA) is 83.0 Å². The minimum absolute atomic E-state index is 0. The zero-order valence-electron chi connectivity index (χ0n) is 17.7. The number of guanidine groups is 1. The van der Waals surface area contributed by atoms with E-state index in [1.807, 2.05) is 0 Å². The Bertz CT molecular complexity index is 688. The second-order valence-corrected chi connectivity index (χ2v) is 11.1. The molecule has 0 aromatic rings. The third-order valence-corrected chi connectivity index (χ3v) is 9.33. The van der Waals surface area contributed by atoms with Gasteiger partial charge in [-0.2, -0.15) is 0 Å². The highest BCUT2D eigenvalue weighted by Gasteiger charge is 2.65. The second-order valence-electron chi connectivity index (χ2n) is 8.85. The van der Waals surface area contributed by atoms with Crippen LogP contribution in [0.1, 0.15) is 58.8 Å². The number of piperidine rings is 1. The Balaban J connectivity index is 0.00000240. The van der Waals surface area contributed by atoms with Gasteiger partial charge in [0.05, 0.1) is 11.9 Å². The van der Waals surface area contributed by atoms with Crippen molar-refractivity contribution in [1.82, 2.24) is 14.9 Å². The van der Waals surface area contributed by atoms with Gasteiger partial charge in [0.1, 0.15) is 0 Å². The highest BCUT2D eigenvalue weighted by molar-refractivity contribution is 14.0. The second kappa shape index (κ2) is 9.56. The van der Waals surface area contributed by atoms with Crippen molar-refractivity contribution in [2.45, 2.75) is 77.0 Å². The van der Waals surface area contributed by atoms with Crippen molar-refractivity contribution in [3.63, 3.8) is 0 Å². The van der Waals surface area contributed by atoms with E-state index < -0.39 is 10.0 Å². The number of aliphatic imine (C=N–C) groups is 1. The molecule has 2 saturated heterocycles. The van der Waals surface area contributed by atoms with Gasteiger partial charge in [-0.25, -0.2) is 12.7 Å². The SMILES string of the molecule is CCN=C(NC1CCN(S(=O)(=O)CC)CC1)NC1C2CCOC2C12CCCC2.I. The summed E-state index contributed by atoms with van der Waals surface area (Å²) in [6.07, 6.45) is 8.39. The summed E-state index contributed by atoms with van der Waals surface area (Å²) in [4.78, 5) is 4.71. The molecule has 1 spiro atoms. The van der Waals surface area contributed by atoms with Gasteiger partial charge in [0.2, 0.25) is 10.0 Å². The number of hydrogen-bond donors (Lipinski definition) is 2. The first-order valence-corrected chi connectivity index (χ1v) is 12.8. The van der Waals surface area contributed by atoms with Gasteiger partial charge in [0.15, 0.2) is 5.96 Å². The molecule has 7 nitrogen and oxygen atoms in total. The summed E-state index contributed by atoms with van der Waals surface area (Å²) >= 11 is 0. The lowest BCUT2D eigenvalue weighted by atomic mass is 9.54. The normalized spacial score (nSPS) is 32.5. The highest BCUT2D eigenvalue weighted by atomic mass is 127. The van der Waals surface area contributed by atoms with Crippen molar-refractivity contribution in [3.8, 4) is 0 Å². The van der Waals surface area contributed by atoms with Gasteiger partial charge in [-0.3, -0.25) is 4.99 Å². The van der Waals surface area contributed by atoms with Crippen LogP contribution in [0.25, 0.3) is 0 Å². The van der Waals surface area contributed by atoms with E-state index in [2.05, 4.69) is 17.6 Å². The molecule has 4 aliphatic rings. The molecule has 3 unspecified atom stereocenters. The largest absolute Gasteiger partial charge is 0.377 e. The summed E-state index contributed by atoms with van der Waals surface area (Å²) in [5, 5.41) is 7.39. The average Bonchev–Trinajstić information content (AvgIpc) is 3.35. The lowest BCUT2D eigenvalue weighted by Crippen LogP contribution is -2.69. The molecule has 3 atom stereocenters. The molecule has 168 valence electrons. The molecule has 2 aliphatic heterocycles. The van der Waals surface area contributed by atoms with Crippen LogP contribution < -0.4 is 10.6 Å². The number of rotatable bonds is 5. The van der Waals surface area contributed by atoms with Gasteiger partial charge in [-0.1, -0.05) is 12.8 Å². The van der Waals surface area contributed by atoms with E-state index in [1.165, 1.54) is 25.7 Å². The monoisotopic (exact) mass is 540 g/mol. The van der Waals surface area contributed by atoms with Crippen molar-refractivity contribution in [2.24, 2.45) is 16.3 Å². The number of nitrogens with one attached hydrogen (secondary N) is 2. The minimum Gasteiger partial charge on any atom is -0.377 e. The minimum atomic E-state index is -3.08. The smallest absolute Gasteiger partial charge is 0.213 e. The van der Waals surface area contributed by atoms with Crippen LogP contribution in [-0.2, 0) is 14.8 Å². The first-order chi connectivity index (χ1) is 13.5. The van der Waals surface area contributed by atoms with Crippen LogP contribution in [0.5, 0.6) is 0 Å². The summed E-state index contributed by atoms with van der Waals surface area (Å²) < 4.78 is 31.9. The number of sulfonamides is 1. The number of ether oxygens (including phenoxy) is 1. The maximum absolute atomic E-state index is 12.1. The highest BCUT2D eigenvalue weighted by Crippen LogP contribution is 2.60. The average molecular weight is 541 g/mol. The molecule has 9 heteroatoms. The third-order valence-electron chi connectivity index (χ3n) is 7.45. The van der Waals surface area contributed by atoms with E-state index in [-0.39, 0.29) is 35.8 Å². The maximum Gasteiger partial charge on any atom is 0.213 e. The summed E-state index contributed by atoms with van der Waals surface area (Å²) in [5.41, 5.74) is 0.302. The predicted octanol–water partition coefficient (Wildman–Crippen LogP) is 2.32. The van der Waals surface area contributed by atoms with Gasteiger partial charge in [-0.15, -0.1) is 24.0 Å². The standard InChI is InChI=1S/C20H36N4O3S.HI/c1-3-21-19(22-15-7-12-24(13-8-15)28(25,26)4-2)23-17-16-9-14-27-18(16)20(17)10-5-6-11-20;/h15-18H,3-14H2,1-2H3,(H2,21,22,23);1H. The Morgan fingerprint density at radius 1 is 1.14 bits per heavy atom. The summed E-state index contributed by atoms with van der Waals surface area (Å²) in [6, 6.07) is 0.734.